The Morgan fingerprint density at radius 2 is 1.86 bits per heavy atom. The van der Waals surface area contributed by atoms with Crippen LogP contribution >= 0.6 is 0 Å². The molecule has 0 aliphatic carbocycles. The zero-order chi connectivity index (χ0) is 17.1. The SMILES string of the molecule is CCC(C)(C)NC(=O)CN(c1ccc(F)c(F)c1)S(C)(=O)=O. The second kappa shape index (κ2) is 6.60. The van der Waals surface area contributed by atoms with E-state index in [0.717, 1.165) is 28.8 Å². The van der Waals surface area contributed by atoms with E-state index in [-0.39, 0.29) is 5.69 Å². The van der Waals surface area contributed by atoms with Gasteiger partial charge in [0, 0.05) is 11.6 Å². The van der Waals surface area contributed by atoms with Crippen molar-refractivity contribution in [2.75, 3.05) is 17.1 Å². The van der Waals surface area contributed by atoms with Crippen LogP contribution in [0.4, 0.5) is 14.5 Å². The maximum Gasteiger partial charge on any atom is 0.241 e. The van der Waals surface area contributed by atoms with Gasteiger partial charge >= 0.3 is 0 Å². The standard InChI is InChI=1S/C14H20F2N2O3S/c1-5-14(2,3)17-13(19)9-18(22(4,20)21)10-6-7-11(15)12(16)8-10/h6-8H,5,9H2,1-4H3,(H,17,19). The summed E-state index contributed by atoms with van der Waals surface area (Å²) >= 11 is 0. The molecule has 1 aromatic rings. The summed E-state index contributed by atoms with van der Waals surface area (Å²) < 4.78 is 50.7. The van der Waals surface area contributed by atoms with E-state index in [0.29, 0.717) is 6.42 Å². The summed E-state index contributed by atoms with van der Waals surface area (Å²) in [4.78, 5) is 12.0. The highest BCUT2D eigenvalue weighted by molar-refractivity contribution is 7.92. The Kier molecular flexibility index (Phi) is 5.50. The summed E-state index contributed by atoms with van der Waals surface area (Å²) in [6.45, 7) is 4.97. The largest absolute Gasteiger partial charge is 0.350 e. The summed E-state index contributed by atoms with van der Waals surface area (Å²) in [6.07, 6.45) is 1.55. The Labute approximate surface area is 129 Å². The van der Waals surface area contributed by atoms with Crippen molar-refractivity contribution >= 4 is 21.6 Å². The second-order valence-electron chi connectivity index (χ2n) is 5.65. The third-order valence-electron chi connectivity index (χ3n) is 3.24. The van der Waals surface area contributed by atoms with Gasteiger partial charge in [-0.25, -0.2) is 17.2 Å². The first-order valence-corrected chi connectivity index (χ1v) is 8.55. The van der Waals surface area contributed by atoms with Crippen LogP contribution in [-0.2, 0) is 14.8 Å². The Balaban J connectivity index is 3.05. The maximum atomic E-state index is 13.3. The number of sulfonamides is 1. The van der Waals surface area contributed by atoms with Gasteiger partial charge in [0.2, 0.25) is 15.9 Å². The summed E-state index contributed by atoms with van der Waals surface area (Å²) in [6, 6.07) is 2.67. The van der Waals surface area contributed by atoms with Crippen LogP contribution in [0.3, 0.4) is 0 Å². The molecule has 1 rings (SSSR count). The summed E-state index contributed by atoms with van der Waals surface area (Å²) in [5.41, 5.74) is -0.597. The molecule has 0 atom stereocenters. The van der Waals surface area contributed by atoms with Crippen LogP contribution in [0.5, 0.6) is 0 Å². The molecule has 5 nitrogen and oxygen atoms in total. The van der Waals surface area contributed by atoms with Gasteiger partial charge in [0.25, 0.3) is 0 Å². The maximum absolute atomic E-state index is 13.3. The lowest BCUT2D eigenvalue weighted by molar-refractivity contribution is -0.121. The molecule has 0 aliphatic rings. The van der Waals surface area contributed by atoms with Crippen LogP contribution in [0.15, 0.2) is 18.2 Å². The van der Waals surface area contributed by atoms with Gasteiger partial charge in [0.15, 0.2) is 11.6 Å². The number of rotatable bonds is 6. The monoisotopic (exact) mass is 334 g/mol. The molecular weight excluding hydrogens is 314 g/mol. The predicted octanol–water partition coefficient (Wildman–Crippen LogP) is 2.04. The molecule has 0 aromatic heterocycles. The topological polar surface area (TPSA) is 66.5 Å². The third kappa shape index (κ3) is 4.94. The van der Waals surface area contributed by atoms with Crippen molar-refractivity contribution in [2.45, 2.75) is 32.7 Å². The van der Waals surface area contributed by atoms with Gasteiger partial charge in [0.05, 0.1) is 11.9 Å². The highest BCUT2D eigenvalue weighted by Crippen LogP contribution is 2.20. The van der Waals surface area contributed by atoms with Crippen LogP contribution in [0, 0.1) is 11.6 Å². The van der Waals surface area contributed by atoms with Crippen molar-refractivity contribution in [1.29, 1.82) is 0 Å². The minimum atomic E-state index is -3.82. The molecule has 0 heterocycles. The molecule has 0 saturated carbocycles. The number of carbonyl (C=O) groups is 1. The quantitative estimate of drug-likeness (QED) is 0.866. The first-order valence-electron chi connectivity index (χ1n) is 6.70. The fourth-order valence-corrected chi connectivity index (χ4v) is 2.52. The molecule has 0 unspecified atom stereocenters. The zero-order valence-electron chi connectivity index (χ0n) is 13.0. The Bertz CT molecular complexity index is 660. The number of hydrogen-bond acceptors (Lipinski definition) is 3. The number of hydrogen-bond donors (Lipinski definition) is 1. The smallest absolute Gasteiger partial charge is 0.241 e. The summed E-state index contributed by atoms with van der Waals surface area (Å²) in [7, 11) is -3.82. The highest BCUT2D eigenvalue weighted by atomic mass is 32.2. The van der Waals surface area contributed by atoms with E-state index >= 15 is 0 Å². The van der Waals surface area contributed by atoms with Crippen LogP contribution in [0.1, 0.15) is 27.2 Å². The fraction of sp³-hybridized carbons (Fsp3) is 0.500. The molecule has 1 amide bonds. The van der Waals surface area contributed by atoms with Gasteiger partial charge in [-0.3, -0.25) is 9.10 Å². The van der Waals surface area contributed by atoms with Crippen molar-refractivity contribution in [3.8, 4) is 0 Å². The number of carbonyl (C=O) groups excluding carboxylic acids is 1. The first-order chi connectivity index (χ1) is 9.96. The Hall–Kier alpha value is -1.70. The number of amides is 1. The molecule has 0 fully saturated rings. The molecule has 0 radical (unpaired) electrons. The van der Waals surface area contributed by atoms with E-state index < -0.39 is 39.6 Å². The molecule has 22 heavy (non-hydrogen) atoms. The van der Waals surface area contributed by atoms with E-state index in [4.69, 9.17) is 0 Å². The Morgan fingerprint density at radius 1 is 1.27 bits per heavy atom. The predicted molar refractivity (Wildman–Crippen MR) is 81.1 cm³/mol. The molecule has 1 N–H and O–H groups in total. The van der Waals surface area contributed by atoms with Crippen molar-refractivity contribution in [1.82, 2.24) is 5.32 Å². The van der Waals surface area contributed by atoms with E-state index in [1.807, 2.05) is 6.92 Å². The van der Waals surface area contributed by atoms with Gasteiger partial charge in [0.1, 0.15) is 6.54 Å². The second-order valence-corrected chi connectivity index (χ2v) is 7.56. The zero-order valence-corrected chi connectivity index (χ0v) is 13.8. The average molecular weight is 334 g/mol. The molecule has 0 aliphatic heterocycles. The summed E-state index contributed by atoms with van der Waals surface area (Å²) in [5.74, 6) is -2.80. The normalized spacial score (nSPS) is 12.1. The van der Waals surface area contributed by atoms with Gasteiger partial charge < -0.3 is 5.32 Å². The number of nitrogens with zero attached hydrogens (tertiary/aromatic N) is 1. The van der Waals surface area contributed by atoms with Gasteiger partial charge in [-0.05, 0) is 32.4 Å². The number of nitrogens with one attached hydrogen (secondary N) is 1. The van der Waals surface area contributed by atoms with Gasteiger partial charge in [-0.2, -0.15) is 0 Å². The minimum Gasteiger partial charge on any atom is -0.350 e. The molecule has 8 heteroatoms. The van der Waals surface area contributed by atoms with Gasteiger partial charge in [-0.15, -0.1) is 0 Å². The van der Waals surface area contributed by atoms with E-state index in [9.17, 15) is 22.0 Å². The molecule has 1 aromatic carbocycles. The lowest BCUT2D eigenvalue weighted by Gasteiger charge is -2.27. The Morgan fingerprint density at radius 3 is 2.32 bits per heavy atom. The fourth-order valence-electron chi connectivity index (χ4n) is 1.68. The van der Waals surface area contributed by atoms with E-state index in [1.165, 1.54) is 0 Å². The third-order valence-corrected chi connectivity index (χ3v) is 4.38. The first kappa shape index (κ1) is 18.3. The van der Waals surface area contributed by atoms with Crippen LogP contribution in [0.2, 0.25) is 0 Å². The van der Waals surface area contributed by atoms with Crippen LogP contribution in [-0.4, -0.2) is 32.7 Å². The van der Waals surface area contributed by atoms with Crippen molar-refractivity contribution in [3.63, 3.8) is 0 Å². The lowest BCUT2D eigenvalue weighted by atomic mass is 10.0. The number of halogens is 2. The molecular formula is C14H20F2N2O3S. The van der Waals surface area contributed by atoms with Gasteiger partial charge in [-0.1, -0.05) is 6.92 Å². The van der Waals surface area contributed by atoms with Crippen LogP contribution in [0.25, 0.3) is 0 Å². The van der Waals surface area contributed by atoms with Crippen molar-refractivity contribution < 1.29 is 22.0 Å². The average Bonchev–Trinajstić information content (AvgIpc) is 2.37. The van der Waals surface area contributed by atoms with Crippen LogP contribution < -0.4 is 9.62 Å². The summed E-state index contributed by atoms with van der Waals surface area (Å²) in [5, 5.41) is 2.69. The van der Waals surface area contributed by atoms with E-state index in [2.05, 4.69) is 5.32 Å². The highest BCUT2D eigenvalue weighted by Gasteiger charge is 2.25. The minimum absolute atomic E-state index is 0.106. The number of anilines is 1. The molecule has 124 valence electrons. The van der Waals surface area contributed by atoms with Crippen molar-refractivity contribution in [2.24, 2.45) is 0 Å². The molecule has 0 saturated heterocycles. The lowest BCUT2D eigenvalue weighted by Crippen LogP contribution is -2.48. The van der Waals surface area contributed by atoms with E-state index in [1.54, 1.807) is 13.8 Å². The van der Waals surface area contributed by atoms with Crippen molar-refractivity contribution in [3.05, 3.63) is 29.8 Å². The molecule has 0 bridgehead atoms. The molecule has 0 spiro atoms. The number of benzene rings is 1.